The lowest BCUT2D eigenvalue weighted by Gasteiger charge is -2.26. The van der Waals surface area contributed by atoms with Crippen LogP contribution in [0.5, 0.6) is 11.5 Å². The fraction of sp³-hybridized carbons (Fsp3) is 0.238. The third-order valence-electron chi connectivity index (χ3n) is 4.79. The van der Waals surface area contributed by atoms with E-state index in [1.165, 1.54) is 0 Å². The van der Waals surface area contributed by atoms with E-state index in [2.05, 4.69) is 5.32 Å². The van der Waals surface area contributed by atoms with Gasteiger partial charge in [0.25, 0.3) is 5.91 Å². The normalized spacial score (nSPS) is 15.2. The Morgan fingerprint density at radius 1 is 1.32 bits per heavy atom. The summed E-state index contributed by atoms with van der Waals surface area (Å²) >= 11 is 6.30. The average molecular weight is 399 g/mol. The van der Waals surface area contributed by atoms with Gasteiger partial charge >= 0.3 is 0 Å². The Hall–Kier alpha value is -2.99. The van der Waals surface area contributed by atoms with Gasteiger partial charge in [-0.3, -0.25) is 9.59 Å². The summed E-state index contributed by atoms with van der Waals surface area (Å²) in [6.07, 6.45) is 1.50. The first-order chi connectivity index (χ1) is 13.5. The standard InChI is InChI=1S/C21H19ClN2O4/c1-12-10-24-11-14(20(25)18-15(22)7-8-17(28-12)19(18)24)21(26)23-9-13-5-3-4-6-16(13)27-2/h3-8,11-12H,9-10H2,1-2H3,(H,23,26). The summed E-state index contributed by atoms with van der Waals surface area (Å²) in [6.45, 7) is 2.70. The number of amides is 1. The van der Waals surface area contributed by atoms with Gasteiger partial charge in [-0.05, 0) is 25.1 Å². The van der Waals surface area contributed by atoms with Crippen LogP contribution in [0.1, 0.15) is 22.8 Å². The highest BCUT2D eigenvalue weighted by atomic mass is 35.5. The van der Waals surface area contributed by atoms with E-state index in [0.717, 1.165) is 5.56 Å². The van der Waals surface area contributed by atoms with Crippen LogP contribution in [0.4, 0.5) is 0 Å². The number of nitrogens with one attached hydrogen (secondary N) is 1. The smallest absolute Gasteiger partial charge is 0.257 e. The van der Waals surface area contributed by atoms with Crippen molar-refractivity contribution in [2.45, 2.75) is 26.1 Å². The van der Waals surface area contributed by atoms with Gasteiger partial charge in [0.2, 0.25) is 5.43 Å². The summed E-state index contributed by atoms with van der Waals surface area (Å²) in [4.78, 5) is 25.8. The molecule has 7 heteroatoms. The molecule has 2 heterocycles. The first-order valence-corrected chi connectivity index (χ1v) is 9.29. The minimum absolute atomic E-state index is 0.0514. The Kier molecular flexibility index (Phi) is 4.73. The van der Waals surface area contributed by atoms with Gasteiger partial charge < -0.3 is 19.4 Å². The zero-order valence-electron chi connectivity index (χ0n) is 15.5. The molecular formula is C21H19ClN2O4. The Bertz CT molecular complexity index is 1140. The number of carbonyl (C=O) groups excluding carboxylic acids is 1. The lowest BCUT2D eigenvalue weighted by atomic mass is 10.1. The predicted molar refractivity (Wildman–Crippen MR) is 107 cm³/mol. The van der Waals surface area contributed by atoms with E-state index in [9.17, 15) is 9.59 Å². The van der Waals surface area contributed by atoms with Gasteiger partial charge in [-0.25, -0.2) is 0 Å². The summed E-state index contributed by atoms with van der Waals surface area (Å²) in [6, 6.07) is 10.8. The molecule has 0 spiro atoms. The summed E-state index contributed by atoms with van der Waals surface area (Å²) in [5.74, 6) is 0.810. The Balaban J connectivity index is 1.73. The summed E-state index contributed by atoms with van der Waals surface area (Å²) in [5, 5.41) is 3.41. The summed E-state index contributed by atoms with van der Waals surface area (Å²) in [5.41, 5.74) is 1.09. The number of benzene rings is 2. The molecule has 0 saturated carbocycles. The number of rotatable bonds is 4. The third kappa shape index (κ3) is 3.10. The second-order valence-corrected chi connectivity index (χ2v) is 7.12. The molecule has 3 aromatic rings. The largest absolute Gasteiger partial charge is 0.496 e. The molecule has 28 heavy (non-hydrogen) atoms. The molecule has 2 aromatic carbocycles. The number of hydrogen-bond acceptors (Lipinski definition) is 4. The molecule has 0 fully saturated rings. The maximum atomic E-state index is 13.0. The number of aromatic nitrogens is 1. The van der Waals surface area contributed by atoms with Crippen LogP contribution in [0.2, 0.25) is 5.02 Å². The van der Waals surface area contributed by atoms with Crippen LogP contribution in [0.3, 0.4) is 0 Å². The SMILES string of the molecule is COc1ccccc1CNC(=O)c1cn2c3c(ccc(Cl)c3c1=O)OC(C)C2. The number of methoxy groups -OCH3 is 1. The van der Waals surface area contributed by atoms with Crippen molar-refractivity contribution in [3.8, 4) is 11.5 Å². The van der Waals surface area contributed by atoms with Crippen molar-refractivity contribution in [2.75, 3.05) is 7.11 Å². The van der Waals surface area contributed by atoms with Crippen molar-refractivity contribution in [1.82, 2.24) is 9.88 Å². The van der Waals surface area contributed by atoms with E-state index in [1.54, 1.807) is 25.4 Å². The molecular weight excluding hydrogens is 380 g/mol. The second kappa shape index (κ2) is 7.20. The average Bonchev–Trinajstić information content (AvgIpc) is 2.69. The van der Waals surface area contributed by atoms with Crippen molar-refractivity contribution in [3.63, 3.8) is 0 Å². The van der Waals surface area contributed by atoms with Crippen molar-refractivity contribution < 1.29 is 14.3 Å². The number of halogens is 1. The molecule has 0 saturated heterocycles. The van der Waals surface area contributed by atoms with E-state index in [4.69, 9.17) is 21.1 Å². The fourth-order valence-corrected chi connectivity index (χ4v) is 3.75. The fourth-order valence-electron chi connectivity index (χ4n) is 3.51. The van der Waals surface area contributed by atoms with E-state index in [0.29, 0.717) is 34.0 Å². The molecule has 1 N–H and O–H groups in total. The maximum Gasteiger partial charge on any atom is 0.257 e. The van der Waals surface area contributed by atoms with Gasteiger partial charge in [0, 0.05) is 18.3 Å². The number of para-hydroxylation sites is 1. The van der Waals surface area contributed by atoms with E-state index in [-0.39, 0.29) is 18.2 Å². The van der Waals surface area contributed by atoms with Crippen LogP contribution in [-0.2, 0) is 13.1 Å². The van der Waals surface area contributed by atoms with Gasteiger partial charge in [-0.1, -0.05) is 29.8 Å². The minimum Gasteiger partial charge on any atom is -0.496 e. The van der Waals surface area contributed by atoms with Crippen LogP contribution in [0.25, 0.3) is 10.9 Å². The summed E-state index contributed by atoms with van der Waals surface area (Å²) in [7, 11) is 1.57. The van der Waals surface area contributed by atoms with E-state index < -0.39 is 11.3 Å². The molecule has 0 bridgehead atoms. The zero-order chi connectivity index (χ0) is 19.8. The highest BCUT2D eigenvalue weighted by Crippen LogP contribution is 2.33. The highest BCUT2D eigenvalue weighted by molar-refractivity contribution is 6.35. The quantitative estimate of drug-likeness (QED) is 0.731. The van der Waals surface area contributed by atoms with Crippen molar-refractivity contribution in [3.05, 3.63) is 69.0 Å². The molecule has 144 valence electrons. The predicted octanol–water partition coefficient (Wildman–Crippen LogP) is 3.37. The third-order valence-corrected chi connectivity index (χ3v) is 5.11. The molecule has 1 atom stereocenters. The van der Waals surface area contributed by atoms with E-state index >= 15 is 0 Å². The molecule has 0 aliphatic carbocycles. The molecule has 1 aromatic heterocycles. The Morgan fingerprint density at radius 2 is 2.11 bits per heavy atom. The van der Waals surface area contributed by atoms with Crippen LogP contribution in [-0.4, -0.2) is 23.7 Å². The Morgan fingerprint density at radius 3 is 2.89 bits per heavy atom. The molecule has 1 aliphatic heterocycles. The van der Waals surface area contributed by atoms with Crippen LogP contribution >= 0.6 is 11.6 Å². The molecule has 1 amide bonds. The molecule has 1 aliphatic rings. The number of hydrogen-bond donors (Lipinski definition) is 1. The van der Waals surface area contributed by atoms with Crippen LogP contribution < -0.4 is 20.2 Å². The Labute approximate surface area is 166 Å². The van der Waals surface area contributed by atoms with Gasteiger partial charge in [0.15, 0.2) is 0 Å². The van der Waals surface area contributed by atoms with Gasteiger partial charge in [0.05, 0.1) is 29.6 Å². The summed E-state index contributed by atoms with van der Waals surface area (Å²) < 4.78 is 13.0. The van der Waals surface area contributed by atoms with Crippen molar-refractivity contribution in [1.29, 1.82) is 0 Å². The highest BCUT2D eigenvalue weighted by Gasteiger charge is 2.24. The van der Waals surface area contributed by atoms with Crippen LogP contribution in [0.15, 0.2) is 47.4 Å². The molecule has 6 nitrogen and oxygen atoms in total. The number of pyridine rings is 1. The molecule has 0 radical (unpaired) electrons. The second-order valence-electron chi connectivity index (χ2n) is 6.72. The zero-order valence-corrected chi connectivity index (χ0v) is 16.2. The van der Waals surface area contributed by atoms with Crippen LogP contribution in [0, 0.1) is 0 Å². The number of ether oxygens (including phenoxy) is 2. The monoisotopic (exact) mass is 398 g/mol. The first-order valence-electron chi connectivity index (χ1n) is 8.92. The number of carbonyl (C=O) groups is 1. The minimum atomic E-state index is -0.456. The first kappa shape index (κ1) is 18.4. The molecule has 1 unspecified atom stereocenters. The lowest BCUT2D eigenvalue weighted by molar-refractivity contribution is 0.0948. The van der Waals surface area contributed by atoms with Crippen molar-refractivity contribution >= 4 is 28.4 Å². The van der Waals surface area contributed by atoms with Gasteiger partial charge in [-0.2, -0.15) is 0 Å². The van der Waals surface area contributed by atoms with Gasteiger partial charge in [0.1, 0.15) is 23.2 Å². The van der Waals surface area contributed by atoms with E-state index in [1.807, 2.05) is 35.8 Å². The lowest BCUT2D eigenvalue weighted by Crippen LogP contribution is -2.32. The molecule has 4 rings (SSSR count). The topological polar surface area (TPSA) is 69.6 Å². The van der Waals surface area contributed by atoms with Gasteiger partial charge in [-0.15, -0.1) is 0 Å². The number of nitrogens with zero attached hydrogens (tertiary/aromatic N) is 1. The maximum absolute atomic E-state index is 13.0. The van der Waals surface area contributed by atoms with Crippen molar-refractivity contribution in [2.24, 2.45) is 0 Å².